The molecule has 3 rings (SSSR count). The first-order valence-electron chi connectivity index (χ1n) is 8.13. The zero-order chi connectivity index (χ0) is 16.7. The molecule has 1 N–H and O–H groups in total. The molecule has 1 heterocycles. The van der Waals surface area contributed by atoms with Crippen molar-refractivity contribution in [1.82, 2.24) is 5.32 Å². The zero-order valence-electron chi connectivity index (χ0n) is 13.9. The third-order valence-electron chi connectivity index (χ3n) is 5.16. The highest BCUT2D eigenvalue weighted by molar-refractivity contribution is 5.84. The Morgan fingerprint density at radius 3 is 2.74 bits per heavy atom. The van der Waals surface area contributed by atoms with Crippen molar-refractivity contribution >= 4 is 5.91 Å². The predicted octanol–water partition coefficient (Wildman–Crippen LogP) is 2.41. The van der Waals surface area contributed by atoms with Gasteiger partial charge in [-0.2, -0.15) is 0 Å². The molecule has 1 aliphatic carbocycles. The van der Waals surface area contributed by atoms with Crippen LogP contribution in [0, 0.1) is 11.7 Å². The summed E-state index contributed by atoms with van der Waals surface area (Å²) in [7, 11) is 0. The number of carbonyl (C=O) groups excluding carboxylic acids is 1. The highest BCUT2D eigenvalue weighted by Gasteiger charge is 2.56. The first kappa shape index (κ1) is 16.4. The number of nitrogens with one attached hydrogen (secondary N) is 1. The van der Waals surface area contributed by atoms with Crippen molar-refractivity contribution in [1.29, 1.82) is 0 Å². The highest BCUT2D eigenvalue weighted by Crippen LogP contribution is 2.54. The van der Waals surface area contributed by atoms with E-state index in [-0.39, 0.29) is 23.7 Å². The van der Waals surface area contributed by atoms with Crippen molar-refractivity contribution in [2.75, 3.05) is 19.8 Å². The summed E-state index contributed by atoms with van der Waals surface area (Å²) in [5.41, 5.74) is -0.198. The van der Waals surface area contributed by atoms with E-state index in [9.17, 15) is 9.18 Å². The van der Waals surface area contributed by atoms with Crippen LogP contribution < -0.4 is 5.32 Å². The third-order valence-corrected chi connectivity index (χ3v) is 5.16. The number of ether oxygens (including phenoxy) is 2. The van der Waals surface area contributed by atoms with Gasteiger partial charge in [0, 0.05) is 17.9 Å². The van der Waals surface area contributed by atoms with Gasteiger partial charge in [0.25, 0.3) is 0 Å². The van der Waals surface area contributed by atoms with Gasteiger partial charge >= 0.3 is 0 Å². The Morgan fingerprint density at radius 2 is 2.04 bits per heavy atom. The molecule has 5 heteroatoms. The molecule has 1 unspecified atom stereocenters. The Kier molecular flexibility index (Phi) is 4.19. The lowest BCUT2D eigenvalue weighted by Gasteiger charge is -2.38. The summed E-state index contributed by atoms with van der Waals surface area (Å²) in [5, 5.41) is 2.95. The summed E-state index contributed by atoms with van der Waals surface area (Å²) in [5.74, 6) is -0.469. The van der Waals surface area contributed by atoms with E-state index < -0.39 is 11.0 Å². The molecule has 23 heavy (non-hydrogen) atoms. The lowest BCUT2D eigenvalue weighted by Crippen LogP contribution is -2.52. The first-order chi connectivity index (χ1) is 10.8. The van der Waals surface area contributed by atoms with Gasteiger partial charge in [0.1, 0.15) is 11.9 Å². The van der Waals surface area contributed by atoms with Crippen molar-refractivity contribution in [2.45, 2.75) is 44.3 Å². The van der Waals surface area contributed by atoms with Crippen LogP contribution in [0.1, 0.15) is 32.8 Å². The molecular weight excluding hydrogens is 297 g/mol. The lowest BCUT2D eigenvalue weighted by molar-refractivity contribution is -0.184. The number of rotatable bonds is 4. The molecule has 1 saturated carbocycles. The van der Waals surface area contributed by atoms with Crippen molar-refractivity contribution in [3.8, 4) is 0 Å². The maximum Gasteiger partial charge on any atom is 0.224 e. The third kappa shape index (κ3) is 3.12. The minimum Gasteiger partial charge on any atom is -0.371 e. The summed E-state index contributed by atoms with van der Waals surface area (Å²) in [6.45, 7) is 7.40. The average molecular weight is 321 g/mol. The molecule has 1 aromatic carbocycles. The number of benzene rings is 1. The van der Waals surface area contributed by atoms with Gasteiger partial charge in [-0.25, -0.2) is 4.39 Å². The van der Waals surface area contributed by atoms with Crippen LogP contribution in [0.15, 0.2) is 24.3 Å². The van der Waals surface area contributed by atoms with E-state index >= 15 is 0 Å². The number of carbonyl (C=O) groups is 1. The first-order valence-corrected chi connectivity index (χ1v) is 8.13. The Hall–Kier alpha value is -1.46. The van der Waals surface area contributed by atoms with E-state index in [0.29, 0.717) is 31.7 Å². The van der Waals surface area contributed by atoms with Crippen LogP contribution in [0.25, 0.3) is 0 Å². The van der Waals surface area contributed by atoms with Crippen LogP contribution in [-0.4, -0.2) is 37.4 Å². The molecular formula is C18H24FNO3. The number of halogens is 1. The number of amides is 1. The molecule has 0 spiro atoms. The second-order valence-corrected chi connectivity index (χ2v) is 7.21. The maximum atomic E-state index is 14.0. The monoisotopic (exact) mass is 321 g/mol. The molecule has 4 nitrogen and oxygen atoms in total. The fourth-order valence-electron chi connectivity index (χ4n) is 3.38. The Labute approximate surface area is 136 Å². The Bertz CT molecular complexity index is 604. The average Bonchev–Trinajstić information content (AvgIpc) is 3.19. The largest absolute Gasteiger partial charge is 0.371 e. The predicted molar refractivity (Wildman–Crippen MR) is 84.6 cm³/mol. The molecule has 1 aromatic rings. The van der Waals surface area contributed by atoms with Gasteiger partial charge in [-0.3, -0.25) is 4.79 Å². The molecule has 1 amide bonds. The minimum atomic E-state index is -0.413. The molecule has 1 saturated heterocycles. The maximum absolute atomic E-state index is 14.0. The summed E-state index contributed by atoms with van der Waals surface area (Å²) in [4.78, 5) is 12.4. The topological polar surface area (TPSA) is 47.6 Å². The molecule has 0 bridgehead atoms. The number of hydrogen-bond donors (Lipinski definition) is 1. The smallest absolute Gasteiger partial charge is 0.224 e. The van der Waals surface area contributed by atoms with Crippen molar-refractivity contribution in [3.63, 3.8) is 0 Å². The minimum absolute atomic E-state index is 0.0410. The van der Waals surface area contributed by atoms with Gasteiger partial charge in [-0.05, 0) is 31.9 Å². The fourth-order valence-corrected chi connectivity index (χ4v) is 3.38. The van der Waals surface area contributed by atoms with E-state index in [1.807, 2.05) is 26.8 Å². The fraction of sp³-hybridized carbons (Fsp3) is 0.611. The van der Waals surface area contributed by atoms with Crippen molar-refractivity contribution in [3.05, 3.63) is 35.6 Å². The summed E-state index contributed by atoms with van der Waals surface area (Å²) >= 11 is 0. The van der Waals surface area contributed by atoms with E-state index in [2.05, 4.69) is 5.32 Å². The van der Waals surface area contributed by atoms with Gasteiger partial charge < -0.3 is 14.8 Å². The van der Waals surface area contributed by atoms with E-state index in [4.69, 9.17) is 9.47 Å². The Morgan fingerprint density at radius 1 is 1.30 bits per heavy atom. The summed E-state index contributed by atoms with van der Waals surface area (Å²) in [6.07, 6.45) is 0.504. The molecule has 0 aromatic heterocycles. The molecule has 2 fully saturated rings. The van der Waals surface area contributed by atoms with Crippen LogP contribution in [-0.2, 0) is 19.7 Å². The highest BCUT2D eigenvalue weighted by atomic mass is 19.1. The normalized spacial score (nSPS) is 32.3. The van der Waals surface area contributed by atoms with Gasteiger partial charge in [-0.15, -0.1) is 0 Å². The van der Waals surface area contributed by atoms with Gasteiger partial charge in [0.2, 0.25) is 5.91 Å². The SMILES string of the molecule is CC1(C)OCCOC1CNC(=O)[C@@H]1C[C@]1(C)c1ccccc1F. The quantitative estimate of drug-likeness (QED) is 0.926. The van der Waals surface area contributed by atoms with Crippen molar-refractivity contribution < 1.29 is 18.7 Å². The van der Waals surface area contributed by atoms with E-state index in [0.717, 1.165) is 0 Å². The van der Waals surface area contributed by atoms with Crippen LogP contribution in [0.4, 0.5) is 4.39 Å². The summed E-state index contributed by atoms with van der Waals surface area (Å²) in [6, 6.07) is 6.70. The van der Waals surface area contributed by atoms with Crippen LogP contribution in [0.2, 0.25) is 0 Å². The van der Waals surface area contributed by atoms with Gasteiger partial charge in [0.05, 0.1) is 18.8 Å². The van der Waals surface area contributed by atoms with Gasteiger partial charge in [0.15, 0.2) is 0 Å². The molecule has 1 aliphatic heterocycles. The lowest BCUT2D eigenvalue weighted by atomic mass is 9.94. The second-order valence-electron chi connectivity index (χ2n) is 7.21. The molecule has 0 radical (unpaired) electrons. The van der Waals surface area contributed by atoms with Crippen LogP contribution in [0.5, 0.6) is 0 Å². The summed E-state index contributed by atoms with van der Waals surface area (Å²) < 4.78 is 25.4. The standard InChI is InChI=1S/C18H24FNO3/c1-17(2)15(22-8-9-23-17)11-20-16(21)13-10-18(13,3)12-6-4-5-7-14(12)19/h4-7,13,15H,8-11H2,1-3H3,(H,20,21)/t13-,15?,18+/m0/s1. The molecule has 126 valence electrons. The number of hydrogen-bond acceptors (Lipinski definition) is 3. The van der Waals surface area contributed by atoms with Crippen LogP contribution in [0.3, 0.4) is 0 Å². The van der Waals surface area contributed by atoms with Gasteiger partial charge in [-0.1, -0.05) is 25.1 Å². The van der Waals surface area contributed by atoms with Crippen LogP contribution >= 0.6 is 0 Å². The zero-order valence-corrected chi connectivity index (χ0v) is 13.9. The second kappa shape index (κ2) is 5.87. The molecule has 3 atom stereocenters. The Balaban J connectivity index is 1.59. The van der Waals surface area contributed by atoms with E-state index in [1.165, 1.54) is 6.07 Å². The molecule has 2 aliphatic rings. The van der Waals surface area contributed by atoms with Crippen molar-refractivity contribution in [2.24, 2.45) is 5.92 Å². The van der Waals surface area contributed by atoms with E-state index in [1.54, 1.807) is 12.1 Å².